The van der Waals surface area contributed by atoms with Crippen molar-refractivity contribution >= 4 is 23.9 Å². The Hall–Kier alpha value is -2.64. The van der Waals surface area contributed by atoms with E-state index in [1.807, 2.05) is 13.8 Å². The number of hydrogen-bond donors (Lipinski definition) is 2. The van der Waals surface area contributed by atoms with Crippen LogP contribution in [0.3, 0.4) is 0 Å². The minimum Gasteiger partial charge on any atom is -0.478 e. The highest BCUT2D eigenvalue weighted by molar-refractivity contribution is 5.98. The van der Waals surface area contributed by atoms with Gasteiger partial charge in [0.25, 0.3) is 0 Å². The van der Waals surface area contributed by atoms with E-state index < -0.39 is 23.9 Å². The van der Waals surface area contributed by atoms with Crippen molar-refractivity contribution < 1.29 is 38.9 Å². The van der Waals surface area contributed by atoms with Gasteiger partial charge in [-0.15, -0.1) is 0 Å². The zero-order valence-corrected chi connectivity index (χ0v) is 22.8. The monoisotopic (exact) mass is 512 g/mol. The van der Waals surface area contributed by atoms with Crippen LogP contribution in [0.5, 0.6) is 0 Å². The van der Waals surface area contributed by atoms with Crippen molar-refractivity contribution in [1.82, 2.24) is 0 Å². The summed E-state index contributed by atoms with van der Waals surface area (Å²) in [7, 11) is 0. The van der Waals surface area contributed by atoms with E-state index in [-0.39, 0.29) is 11.1 Å². The second-order valence-corrected chi connectivity index (χ2v) is 8.56. The molecule has 0 amide bonds. The Bertz CT molecular complexity index is 623. The molecule has 208 valence electrons. The van der Waals surface area contributed by atoms with Gasteiger partial charge in [0.1, 0.15) is 0 Å². The zero-order valence-electron chi connectivity index (χ0n) is 22.8. The van der Waals surface area contributed by atoms with Gasteiger partial charge in [-0.1, -0.05) is 79.1 Å². The van der Waals surface area contributed by atoms with Crippen molar-refractivity contribution in [3.8, 4) is 0 Å². The van der Waals surface area contributed by atoms with E-state index in [9.17, 15) is 19.2 Å². The highest BCUT2D eigenvalue weighted by Crippen LogP contribution is 2.19. The molecular weight excluding hydrogens is 464 g/mol. The van der Waals surface area contributed by atoms with Gasteiger partial charge >= 0.3 is 23.9 Å². The lowest BCUT2D eigenvalue weighted by atomic mass is 9.97. The molecule has 0 saturated carbocycles. The van der Waals surface area contributed by atoms with Gasteiger partial charge in [-0.2, -0.15) is 0 Å². The van der Waals surface area contributed by atoms with E-state index in [0.717, 1.165) is 89.2 Å². The molecule has 0 aromatic rings. The van der Waals surface area contributed by atoms with E-state index >= 15 is 0 Å². The summed E-state index contributed by atoms with van der Waals surface area (Å²) in [6.07, 6.45) is 14.2. The molecule has 0 aliphatic rings. The molecule has 0 aliphatic heterocycles. The molecule has 0 aromatic heterocycles. The lowest BCUT2D eigenvalue weighted by Crippen LogP contribution is -2.12. The third-order valence-corrected chi connectivity index (χ3v) is 5.28. The number of rotatable bonds is 20. The average Bonchev–Trinajstić information content (AvgIpc) is 2.84. The standard InChI is InChI=1S/2C14H24O4/c1-3-5-7-11-17-13(15)9-10-14(16)18-12-8-6-4-2;1-3-5-7-9-11(13(15)16)12(14(17)18)10-8-6-4-2/h9-10H,3-8,11-12H2,1-2H3;3-10H2,1-2H3,(H,15,16)(H,17,18)/b10-9+;12-11+. The molecule has 8 heteroatoms. The molecule has 0 fully saturated rings. The Labute approximate surface area is 217 Å². The maximum Gasteiger partial charge on any atom is 0.332 e. The van der Waals surface area contributed by atoms with Crippen LogP contribution in [0.15, 0.2) is 23.3 Å². The number of esters is 2. The molecule has 2 N–H and O–H groups in total. The fourth-order valence-corrected chi connectivity index (χ4v) is 3.16. The highest BCUT2D eigenvalue weighted by Gasteiger charge is 2.19. The summed E-state index contributed by atoms with van der Waals surface area (Å²) in [5.41, 5.74) is 0.180. The molecule has 0 radical (unpaired) electrons. The molecule has 0 atom stereocenters. The minimum absolute atomic E-state index is 0.0899. The minimum atomic E-state index is -1.08. The quantitative estimate of drug-likeness (QED) is 0.106. The summed E-state index contributed by atoms with van der Waals surface area (Å²) in [5, 5.41) is 18.3. The lowest BCUT2D eigenvalue weighted by molar-refractivity contribution is -0.140. The van der Waals surface area contributed by atoms with Crippen molar-refractivity contribution in [3.05, 3.63) is 23.3 Å². The smallest absolute Gasteiger partial charge is 0.332 e. The van der Waals surface area contributed by atoms with Crippen LogP contribution < -0.4 is 0 Å². The molecule has 36 heavy (non-hydrogen) atoms. The number of hydrogen-bond acceptors (Lipinski definition) is 6. The van der Waals surface area contributed by atoms with Crippen molar-refractivity contribution in [3.63, 3.8) is 0 Å². The number of carbonyl (C=O) groups is 4. The zero-order chi connectivity index (χ0) is 27.6. The summed E-state index contributed by atoms with van der Waals surface area (Å²) in [5.74, 6) is -3.15. The summed E-state index contributed by atoms with van der Waals surface area (Å²) in [4.78, 5) is 44.6. The van der Waals surface area contributed by atoms with E-state index in [4.69, 9.17) is 19.7 Å². The summed E-state index contributed by atoms with van der Waals surface area (Å²) >= 11 is 0. The summed E-state index contributed by atoms with van der Waals surface area (Å²) in [6, 6.07) is 0. The summed E-state index contributed by atoms with van der Waals surface area (Å²) in [6.45, 7) is 9.03. The number of carboxylic acids is 2. The second kappa shape index (κ2) is 25.5. The van der Waals surface area contributed by atoms with Gasteiger partial charge in [-0.05, 0) is 38.5 Å². The van der Waals surface area contributed by atoms with Crippen molar-refractivity contribution in [2.45, 2.75) is 118 Å². The Morgan fingerprint density at radius 2 is 0.833 bits per heavy atom. The van der Waals surface area contributed by atoms with Gasteiger partial charge in [-0.25, -0.2) is 19.2 Å². The van der Waals surface area contributed by atoms with Crippen molar-refractivity contribution in [1.29, 1.82) is 0 Å². The predicted octanol–water partition coefficient (Wildman–Crippen LogP) is 6.62. The van der Waals surface area contributed by atoms with Gasteiger partial charge in [0.05, 0.1) is 13.2 Å². The summed E-state index contributed by atoms with van der Waals surface area (Å²) < 4.78 is 9.81. The molecule has 0 aromatic carbocycles. The lowest BCUT2D eigenvalue weighted by Gasteiger charge is -2.08. The Kier molecular flexibility index (Phi) is 25.1. The highest BCUT2D eigenvalue weighted by atomic mass is 16.5. The third-order valence-electron chi connectivity index (χ3n) is 5.28. The Morgan fingerprint density at radius 1 is 0.528 bits per heavy atom. The number of carbonyl (C=O) groups excluding carboxylic acids is 2. The molecule has 8 nitrogen and oxygen atoms in total. The van der Waals surface area contributed by atoms with Crippen LogP contribution in [0, 0.1) is 0 Å². The molecular formula is C28H48O8. The maximum atomic E-state index is 11.2. The Morgan fingerprint density at radius 3 is 1.11 bits per heavy atom. The topological polar surface area (TPSA) is 127 Å². The van der Waals surface area contributed by atoms with Gasteiger partial charge in [0.2, 0.25) is 0 Å². The third kappa shape index (κ3) is 21.9. The molecule has 0 rings (SSSR count). The SMILES string of the molecule is CCCCC/C(C(=O)O)=C(/CCCCC)C(=O)O.CCCCCOC(=O)/C=C/C(=O)OCCCCC. The number of carboxylic acid groups (broad SMARTS) is 2. The van der Waals surface area contributed by atoms with Crippen LogP contribution >= 0.6 is 0 Å². The maximum absolute atomic E-state index is 11.2. The first-order valence-corrected chi connectivity index (χ1v) is 13.4. The number of ether oxygens (including phenoxy) is 2. The van der Waals surface area contributed by atoms with Gasteiger partial charge in [0.15, 0.2) is 0 Å². The van der Waals surface area contributed by atoms with Crippen LogP contribution in [-0.2, 0) is 28.7 Å². The van der Waals surface area contributed by atoms with Gasteiger partial charge in [-0.3, -0.25) is 0 Å². The second-order valence-electron chi connectivity index (χ2n) is 8.56. The van der Waals surface area contributed by atoms with Gasteiger partial charge < -0.3 is 19.7 Å². The molecule has 0 bridgehead atoms. The first kappa shape index (κ1) is 35.5. The van der Waals surface area contributed by atoms with Crippen molar-refractivity contribution in [2.75, 3.05) is 13.2 Å². The molecule has 0 unspecified atom stereocenters. The molecule has 0 spiro atoms. The molecule has 0 saturated heterocycles. The van der Waals surface area contributed by atoms with Crippen LogP contribution in [0.2, 0.25) is 0 Å². The number of unbranched alkanes of at least 4 members (excludes halogenated alkanes) is 8. The molecule has 0 heterocycles. The van der Waals surface area contributed by atoms with E-state index in [1.165, 1.54) is 0 Å². The van der Waals surface area contributed by atoms with Crippen LogP contribution in [0.4, 0.5) is 0 Å². The normalized spacial score (nSPS) is 11.3. The van der Waals surface area contributed by atoms with Crippen molar-refractivity contribution in [2.24, 2.45) is 0 Å². The largest absolute Gasteiger partial charge is 0.478 e. The first-order valence-electron chi connectivity index (χ1n) is 13.4. The van der Waals surface area contributed by atoms with Crippen LogP contribution in [0.25, 0.3) is 0 Å². The first-order chi connectivity index (χ1) is 17.2. The Balaban J connectivity index is 0. The van der Waals surface area contributed by atoms with E-state index in [2.05, 4.69) is 13.8 Å². The fourth-order valence-electron chi connectivity index (χ4n) is 3.16. The number of aliphatic carboxylic acids is 2. The fraction of sp³-hybridized carbons (Fsp3) is 0.714. The predicted molar refractivity (Wildman–Crippen MR) is 141 cm³/mol. The van der Waals surface area contributed by atoms with Crippen LogP contribution in [0.1, 0.15) is 118 Å². The van der Waals surface area contributed by atoms with Gasteiger partial charge in [0, 0.05) is 23.3 Å². The van der Waals surface area contributed by atoms with E-state index in [1.54, 1.807) is 0 Å². The average molecular weight is 513 g/mol. The van der Waals surface area contributed by atoms with E-state index in [0.29, 0.717) is 26.1 Å². The van der Waals surface area contributed by atoms with Crippen LogP contribution in [-0.4, -0.2) is 47.3 Å². The molecule has 0 aliphatic carbocycles.